The highest BCUT2D eigenvalue weighted by molar-refractivity contribution is 6.02. The molecule has 7 nitrogen and oxygen atoms in total. The van der Waals surface area contributed by atoms with E-state index in [1.165, 1.54) is 0 Å². The maximum atomic E-state index is 12.4. The predicted molar refractivity (Wildman–Crippen MR) is 86.6 cm³/mol. The van der Waals surface area contributed by atoms with Crippen LogP contribution in [-0.4, -0.2) is 34.1 Å². The normalized spacial score (nSPS) is 15.7. The fourth-order valence-electron chi connectivity index (χ4n) is 2.67. The second kappa shape index (κ2) is 6.36. The third kappa shape index (κ3) is 3.67. The van der Waals surface area contributed by atoms with E-state index in [1.807, 2.05) is 0 Å². The van der Waals surface area contributed by atoms with E-state index in [0.29, 0.717) is 23.1 Å². The highest BCUT2D eigenvalue weighted by atomic mass is 16.5. The van der Waals surface area contributed by atoms with Crippen LogP contribution in [0.2, 0.25) is 0 Å². The lowest BCUT2D eigenvalue weighted by Crippen LogP contribution is -2.34. The smallest absolute Gasteiger partial charge is 0.275 e. The lowest BCUT2D eigenvalue weighted by Gasteiger charge is -2.31. The fourth-order valence-corrected chi connectivity index (χ4v) is 2.67. The van der Waals surface area contributed by atoms with Crippen molar-refractivity contribution in [3.8, 4) is 0 Å². The van der Waals surface area contributed by atoms with Crippen molar-refractivity contribution < 1.29 is 9.32 Å². The van der Waals surface area contributed by atoms with Crippen molar-refractivity contribution in [2.75, 3.05) is 23.3 Å². The van der Waals surface area contributed by atoms with Gasteiger partial charge in [-0.15, -0.1) is 0 Å². The van der Waals surface area contributed by atoms with Crippen LogP contribution in [0.15, 0.2) is 16.7 Å². The van der Waals surface area contributed by atoms with E-state index in [-0.39, 0.29) is 5.91 Å². The van der Waals surface area contributed by atoms with Crippen LogP contribution >= 0.6 is 0 Å². The maximum absolute atomic E-state index is 12.4. The number of nitrogens with one attached hydrogen (secondary N) is 1. The Bertz CT molecular complexity index is 704. The summed E-state index contributed by atoms with van der Waals surface area (Å²) in [5, 5.41) is 6.45. The minimum absolute atomic E-state index is 0.310. The van der Waals surface area contributed by atoms with Crippen LogP contribution in [0.5, 0.6) is 0 Å². The fraction of sp³-hybridized carbons (Fsp3) is 0.500. The number of hydrogen-bond acceptors (Lipinski definition) is 6. The molecule has 0 radical (unpaired) electrons. The molecule has 122 valence electrons. The first-order valence-corrected chi connectivity index (χ1v) is 7.86. The molecule has 0 aromatic carbocycles. The van der Waals surface area contributed by atoms with Gasteiger partial charge in [0.1, 0.15) is 23.1 Å². The highest BCUT2D eigenvalue weighted by Gasteiger charge is 2.20. The summed E-state index contributed by atoms with van der Waals surface area (Å²) in [6.07, 6.45) is 2.28. The van der Waals surface area contributed by atoms with Crippen LogP contribution in [0.4, 0.5) is 11.6 Å². The van der Waals surface area contributed by atoms with Gasteiger partial charge in [-0.2, -0.15) is 0 Å². The molecular weight excluding hydrogens is 294 g/mol. The van der Waals surface area contributed by atoms with Gasteiger partial charge in [-0.05, 0) is 32.6 Å². The first-order chi connectivity index (χ1) is 11.0. The zero-order valence-corrected chi connectivity index (χ0v) is 13.7. The van der Waals surface area contributed by atoms with Gasteiger partial charge in [0, 0.05) is 25.2 Å². The third-order valence-electron chi connectivity index (χ3n) is 4.03. The van der Waals surface area contributed by atoms with Crippen molar-refractivity contribution in [2.24, 2.45) is 5.92 Å². The number of piperidine rings is 1. The molecule has 1 aliphatic rings. The van der Waals surface area contributed by atoms with Gasteiger partial charge in [0.2, 0.25) is 0 Å². The van der Waals surface area contributed by atoms with E-state index >= 15 is 0 Å². The molecule has 1 fully saturated rings. The number of nitrogens with zero attached hydrogens (tertiary/aromatic N) is 4. The van der Waals surface area contributed by atoms with Crippen LogP contribution < -0.4 is 10.2 Å². The Morgan fingerprint density at radius 2 is 2.00 bits per heavy atom. The van der Waals surface area contributed by atoms with Gasteiger partial charge in [0.25, 0.3) is 5.91 Å². The molecule has 1 N–H and O–H groups in total. The predicted octanol–water partition coefficient (Wildman–Crippen LogP) is 2.57. The molecule has 0 bridgehead atoms. The summed E-state index contributed by atoms with van der Waals surface area (Å²) in [5.74, 6) is 2.86. The van der Waals surface area contributed by atoms with Gasteiger partial charge in [0.15, 0.2) is 5.82 Å². The molecule has 0 saturated carbocycles. The van der Waals surface area contributed by atoms with Crippen molar-refractivity contribution >= 4 is 17.5 Å². The summed E-state index contributed by atoms with van der Waals surface area (Å²) < 4.78 is 4.95. The van der Waals surface area contributed by atoms with Gasteiger partial charge >= 0.3 is 0 Å². The first kappa shape index (κ1) is 15.5. The van der Waals surface area contributed by atoms with Crippen LogP contribution in [0.25, 0.3) is 0 Å². The minimum atomic E-state index is -0.310. The second-order valence-electron chi connectivity index (χ2n) is 6.11. The van der Waals surface area contributed by atoms with Crippen molar-refractivity contribution in [2.45, 2.75) is 33.6 Å². The van der Waals surface area contributed by atoms with E-state index in [9.17, 15) is 4.79 Å². The quantitative estimate of drug-likeness (QED) is 0.937. The first-order valence-electron chi connectivity index (χ1n) is 7.86. The topological polar surface area (TPSA) is 84.2 Å². The molecular formula is C16H21N5O2. The Kier molecular flexibility index (Phi) is 4.27. The molecule has 2 aromatic heterocycles. The molecule has 1 saturated heterocycles. The number of rotatable bonds is 3. The Morgan fingerprint density at radius 3 is 2.65 bits per heavy atom. The molecule has 0 unspecified atom stereocenters. The SMILES string of the molecule is Cc1nc(C(=O)Nc2cc(C)on2)cc(N2CCC(C)CC2)n1. The van der Waals surface area contributed by atoms with E-state index in [4.69, 9.17) is 4.52 Å². The Balaban J connectivity index is 1.78. The number of carbonyl (C=O) groups is 1. The van der Waals surface area contributed by atoms with Crippen LogP contribution in [0, 0.1) is 19.8 Å². The van der Waals surface area contributed by atoms with Crippen molar-refractivity contribution in [3.63, 3.8) is 0 Å². The molecule has 2 aromatic rings. The van der Waals surface area contributed by atoms with Gasteiger partial charge in [-0.1, -0.05) is 12.1 Å². The monoisotopic (exact) mass is 315 g/mol. The van der Waals surface area contributed by atoms with E-state index in [0.717, 1.165) is 37.7 Å². The van der Waals surface area contributed by atoms with Crippen molar-refractivity contribution in [1.29, 1.82) is 0 Å². The molecule has 3 rings (SSSR count). The number of anilines is 2. The van der Waals surface area contributed by atoms with Crippen LogP contribution in [0.1, 0.15) is 41.8 Å². The molecule has 3 heterocycles. The second-order valence-corrected chi connectivity index (χ2v) is 6.11. The molecule has 7 heteroatoms. The highest BCUT2D eigenvalue weighted by Crippen LogP contribution is 2.22. The maximum Gasteiger partial charge on any atom is 0.275 e. The average molecular weight is 315 g/mol. The average Bonchev–Trinajstić information content (AvgIpc) is 2.92. The van der Waals surface area contributed by atoms with E-state index in [1.54, 1.807) is 26.0 Å². The molecule has 0 aliphatic carbocycles. The van der Waals surface area contributed by atoms with Gasteiger partial charge in [-0.3, -0.25) is 4.79 Å². The molecule has 0 spiro atoms. The minimum Gasteiger partial charge on any atom is -0.360 e. The zero-order valence-electron chi connectivity index (χ0n) is 13.7. The number of hydrogen-bond donors (Lipinski definition) is 1. The third-order valence-corrected chi connectivity index (χ3v) is 4.03. The lowest BCUT2D eigenvalue weighted by molar-refractivity contribution is 0.102. The zero-order chi connectivity index (χ0) is 16.4. The van der Waals surface area contributed by atoms with Crippen LogP contribution in [0.3, 0.4) is 0 Å². The number of aromatic nitrogens is 3. The van der Waals surface area contributed by atoms with Gasteiger partial charge < -0.3 is 14.7 Å². The Morgan fingerprint density at radius 1 is 1.26 bits per heavy atom. The number of aryl methyl sites for hydroxylation is 2. The lowest BCUT2D eigenvalue weighted by atomic mass is 9.99. The summed E-state index contributed by atoms with van der Waals surface area (Å²) in [5.41, 5.74) is 0.340. The summed E-state index contributed by atoms with van der Waals surface area (Å²) in [6.45, 7) is 7.75. The standard InChI is InChI=1S/C16H21N5O2/c1-10-4-6-21(7-5-10)15-9-13(17-12(3)18-15)16(22)19-14-8-11(2)23-20-14/h8-10H,4-7H2,1-3H3,(H,19,20,22). The van der Waals surface area contributed by atoms with E-state index in [2.05, 4.69) is 32.3 Å². The van der Waals surface area contributed by atoms with Gasteiger partial charge in [0.05, 0.1) is 0 Å². The summed E-state index contributed by atoms with van der Waals surface area (Å²) in [7, 11) is 0. The van der Waals surface area contributed by atoms with Crippen LogP contribution in [-0.2, 0) is 0 Å². The Hall–Kier alpha value is -2.44. The Labute approximate surface area is 135 Å². The number of carbonyl (C=O) groups excluding carboxylic acids is 1. The molecule has 23 heavy (non-hydrogen) atoms. The molecule has 0 atom stereocenters. The number of amides is 1. The van der Waals surface area contributed by atoms with Crippen molar-refractivity contribution in [3.05, 3.63) is 29.4 Å². The van der Waals surface area contributed by atoms with Gasteiger partial charge in [-0.25, -0.2) is 9.97 Å². The summed E-state index contributed by atoms with van der Waals surface area (Å²) >= 11 is 0. The molecule has 1 aliphatic heterocycles. The van der Waals surface area contributed by atoms with E-state index < -0.39 is 0 Å². The largest absolute Gasteiger partial charge is 0.360 e. The van der Waals surface area contributed by atoms with Crippen molar-refractivity contribution in [1.82, 2.24) is 15.1 Å². The summed E-state index contributed by atoms with van der Waals surface area (Å²) in [6, 6.07) is 3.41. The molecule has 1 amide bonds. The summed E-state index contributed by atoms with van der Waals surface area (Å²) in [4.78, 5) is 23.3.